The molecule has 102 valence electrons. The molecule has 1 heterocycles. The smallest absolute Gasteiger partial charge is 0.133 e. The second-order valence-electron chi connectivity index (χ2n) is 4.80. The zero-order valence-corrected chi connectivity index (χ0v) is 12.5. The Hall–Kier alpha value is -2.00. The predicted octanol–water partition coefficient (Wildman–Crippen LogP) is 4.75. The lowest BCUT2D eigenvalue weighted by Gasteiger charge is -1.99. The van der Waals surface area contributed by atoms with E-state index in [1.807, 2.05) is 48.7 Å². The Morgan fingerprint density at radius 3 is 2.65 bits per heavy atom. The van der Waals surface area contributed by atoms with Crippen LogP contribution in [0.2, 0.25) is 0 Å². The number of allylic oxidation sites excluding steroid dienone is 3. The van der Waals surface area contributed by atoms with Crippen LogP contribution < -0.4 is 0 Å². The zero-order chi connectivity index (χ0) is 14.5. The van der Waals surface area contributed by atoms with Gasteiger partial charge in [-0.15, -0.1) is 11.3 Å². The van der Waals surface area contributed by atoms with Crippen molar-refractivity contribution in [3.8, 4) is 10.6 Å². The van der Waals surface area contributed by atoms with E-state index < -0.39 is 0 Å². The van der Waals surface area contributed by atoms with Gasteiger partial charge in [-0.3, -0.25) is 4.79 Å². The van der Waals surface area contributed by atoms with Gasteiger partial charge in [-0.2, -0.15) is 0 Å². The van der Waals surface area contributed by atoms with E-state index in [4.69, 9.17) is 0 Å². The fraction of sp³-hybridized carbons (Fsp3) is 0.176. The van der Waals surface area contributed by atoms with Gasteiger partial charge in [0.05, 0.1) is 5.69 Å². The van der Waals surface area contributed by atoms with Crippen LogP contribution in [0.25, 0.3) is 16.1 Å². The van der Waals surface area contributed by atoms with Gasteiger partial charge in [-0.05, 0) is 19.4 Å². The van der Waals surface area contributed by atoms with E-state index in [1.54, 1.807) is 18.3 Å². The van der Waals surface area contributed by atoms with Gasteiger partial charge in [0.25, 0.3) is 0 Å². The third kappa shape index (κ3) is 3.75. The third-order valence-corrected chi connectivity index (χ3v) is 3.69. The first-order valence-corrected chi connectivity index (χ1v) is 7.31. The third-order valence-electron chi connectivity index (χ3n) is 2.80. The topological polar surface area (TPSA) is 30.0 Å². The number of ketones is 1. The lowest BCUT2D eigenvalue weighted by molar-refractivity contribution is -0.116. The van der Waals surface area contributed by atoms with Gasteiger partial charge in [0.15, 0.2) is 0 Å². The standard InChI is InChI=1S/C17H17NOS/c1-12(10-14(3)19)9-13(2)16-11-20-17(18-16)15-7-5-4-6-8-15/h4-9,11H,2,10H2,1,3H3/b12-9+. The molecule has 0 saturated carbocycles. The maximum atomic E-state index is 11.1. The average molecular weight is 283 g/mol. The van der Waals surface area contributed by atoms with Gasteiger partial charge >= 0.3 is 0 Å². The number of Topliss-reactive ketones (excluding diaryl/α,β-unsaturated/α-hetero) is 1. The Morgan fingerprint density at radius 2 is 2.00 bits per heavy atom. The number of aromatic nitrogens is 1. The number of carbonyl (C=O) groups is 1. The minimum Gasteiger partial charge on any atom is -0.300 e. The summed E-state index contributed by atoms with van der Waals surface area (Å²) in [4.78, 5) is 15.7. The Bertz CT molecular complexity index is 653. The molecule has 0 spiro atoms. The molecule has 1 aromatic carbocycles. The maximum Gasteiger partial charge on any atom is 0.133 e. The lowest BCUT2D eigenvalue weighted by Crippen LogP contribution is -1.91. The number of thiazole rings is 1. The number of carbonyl (C=O) groups excluding carboxylic acids is 1. The molecule has 0 atom stereocenters. The molecule has 0 aliphatic carbocycles. The van der Waals surface area contributed by atoms with Crippen molar-refractivity contribution in [1.29, 1.82) is 0 Å². The largest absolute Gasteiger partial charge is 0.300 e. The first-order valence-electron chi connectivity index (χ1n) is 6.43. The van der Waals surface area contributed by atoms with Gasteiger partial charge in [0.2, 0.25) is 0 Å². The van der Waals surface area contributed by atoms with Crippen LogP contribution in [-0.4, -0.2) is 10.8 Å². The highest BCUT2D eigenvalue weighted by atomic mass is 32.1. The van der Waals surface area contributed by atoms with E-state index in [0.717, 1.165) is 27.4 Å². The molecule has 2 rings (SSSR count). The SMILES string of the molecule is C=C(/C=C(\C)CC(C)=O)c1csc(-c2ccccc2)n1. The second kappa shape index (κ2) is 6.44. The second-order valence-corrected chi connectivity index (χ2v) is 5.66. The Morgan fingerprint density at radius 1 is 1.30 bits per heavy atom. The van der Waals surface area contributed by atoms with E-state index in [-0.39, 0.29) is 5.78 Å². The summed E-state index contributed by atoms with van der Waals surface area (Å²) >= 11 is 1.60. The van der Waals surface area contributed by atoms with Crippen LogP contribution in [0.3, 0.4) is 0 Å². The summed E-state index contributed by atoms with van der Waals surface area (Å²) in [5.41, 5.74) is 3.84. The lowest BCUT2D eigenvalue weighted by atomic mass is 10.1. The number of rotatable bonds is 5. The minimum absolute atomic E-state index is 0.162. The summed E-state index contributed by atoms with van der Waals surface area (Å²) in [5.74, 6) is 0.162. The zero-order valence-electron chi connectivity index (χ0n) is 11.7. The van der Waals surface area contributed by atoms with E-state index in [9.17, 15) is 4.79 Å². The molecule has 2 aromatic rings. The minimum atomic E-state index is 0.162. The molecule has 20 heavy (non-hydrogen) atoms. The van der Waals surface area contributed by atoms with Gasteiger partial charge in [0.1, 0.15) is 10.8 Å². The highest BCUT2D eigenvalue weighted by Gasteiger charge is 2.06. The van der Waals surface area contributed by atoms with Crippen LogP contribution in [0.4, 0.5) is 0 Å². The van der Waals surface area contributed by atoms with Crippen LogP contribution in [0.1, 0.15) is 26.0 Å². The fourth-order valence-electron chi connectivity index (χ4n) is 1.95. The van der Waals surface area contributed by atoms with Gasteiger partial charge in [-0.25, -0.2) is 4.98 Å². The summed E-state index contributed by atoms with van der Waals surface area (Å²) in [6.07, 6.45) is 2.40. The quantitative estimate of drug-likeness (QED) is 0.741. The van der Waals surface area contributed by atoms with Crippen LogP contribution in [0.15, 0.2) is 53.9 Å². The molecule has 0 amide bonds. The van der Waals surface area contributed by atoms with Crippen molar-refractivity contribution in [2.24, 2.45) is 0 Å². The van der Waals surface area contributed by atoms with Gasteiger partial charge in [0, 0.05) is 17.4 Å². The van der Waals surface area contributed by atoms with E-state index in [2.05, 4.69) is 11.6 Å². The molecule has 0 fully saturated rings. The van der Waals surface area contributed by atoms with Crippen LogP contribution in [-0.2, 0) is 4.79 Å². The number of nitrogens with zero attached hydrogens (tertiary/aromatic N) is 1. The maximum absolute atomic E-state index is 11.1. The normalized spacial score (nSPS) is 11.4. The first kappa shape index (κ1) is 14.4. The molecular weight excluding hydrogens is 266 g/mol. The fourth-order valence-corrected chi connectivity index (χ4v) is 2.80. The highest BCUT2D eigenvalue weighted by Crippen LogP contribution is 2.26. The molecule has 0 N–H and O–H groups in total. The van der Waals surface area contributed by atoms with Crippen LogP contribution in [0.5, 0.6) is 0 Å². The van der Waals surface area contributed by atoms with E-state index in [0.29, 0.717) is 6.42 Å². The molecule has 3 heteroatoms. The number of hydrogen-bond acceptors (Lipinski definition) is 3. The Labute approximate surface area is 123 Å². The van der Waals surface area contributed by atoms with Crippen LogP contribution >= 0.6 is 11.3 Å². The van der Waals surface area contributed by atoms with E-state index in [1.165, 1.54) is 0 Å². The van der Waals surface area contributed by atoms with Gasteiger partial charge < -0.3 is 0 Å². The predicted molar refractivity (Wildman–Crippen MR) is 85.6 cm³/mol. The molecule has 0 bridgehead atoms. The molecule has 0 saturated heterocycles. The van der Waals surface area contributed by atoms with Gasteiger partial charge in [-0.1, -0.05) is 48.6 Å². The summed E-state index contributed by atoms with van der Waals surface area (Å²) in [6, 6.07) is 10.1. The van der Waals surface area contributed by atoms with Crippen molar-refractivity contribution in [2.45, 2.75) is 20.3 Å². The molecule has 0 unspecified atom stereocenters. The molecular formula is C17H17NOS. The summed E-state index contributed by atoms with van der Waals surface area (Å²) in [7, 11) is 0. The number of hydrogen-bond donors (Lipinski definition) is 0. The van der Waals surface area contributed by atoms with Crippen LogP contribution in [0, 0.1) is 0 Å². The van der Waals surface area contributed by atoms with Crippen molar-refractivity contribution in [3.63, 3.8) is 0 Å². The molecule has 2 nitrogen and oxygen atoms in total. The summed E-state index contributed by atoms with van der Waals surface area (Å²) in [5, 5.41) is 2.99. The van der Waals surface area contributed by atoms with Crippen molar-refractivity contribution in [2.75, 3.05) is 0 Å². The van der Waals surface area contributed by atoms with Crippen molar-refractivity contribution in [3.05, 3.63) is 59.6 Å². The summed E-state index contributed by atoms with van der Waals surface area (Å²) < 4.78 is 0. The van der Waals surface area contributed by atoms with Crippen molar-refractivity contribution < 1.29 is 4.79 Å². The Kier molecular flexibility index (Phi) is 4.64. The van der Waals surface area contributed by atoms with Crippen molar-refractivity contribution in [1.82, 2.24) is 4.98 Å². The molecule has 0 aliphatic rings. The molecule has 0 aliphatic heterocycles. The Balaban J connectivity index is 2.17. The summed E-state index contributed by atoms with van der Waals surface area (Å²) in [6.45, 7) is 7.57. The van der Waals surface area contributed by atoms with Crippen molar-refractivity contribution >= 4 is 22.7 Å². The average Bonchev–Trinajstić information content (AvgIpc) is 2.88. The molecule has 1 aromatic heterocycles. The first-order chi connectivity index (χ1) is 9.56. The molecule has 0 radical (unpaired) electrons. The number of benzene rings is 1. The van der Waals surface area contributed by atoms with E-state index >= 15 is 0 Å². The highest BCUT2D eigenvalue weighted by molar-refractivity contribution is 7.13. The monoisotopic (exact) mass is 283 g/mol.